The van der Waals surface area contributed by atoms with Crippen LogP contribution in [-0.2, 0) is 7.05 Å². The van der Waals surface area contributed by atoms with Crippen molar-refractivity contribution < 1.29 is 0 Å². The second kappa shape index (κ2) is 4.60. The Kier molecular flexibility index (Phi) is 3.45. The van der Waals surface area contributed by atoms with Crippen molar-refractivity contribution in [3.05, 3.63) is 35.4 Å². The van der Waals surface area contributed by atoms with Gasteiger partial charge in [-0.15, -0.1) is 6.58 Å². The molecular formula is C10H15N3O. The third-order valence-electron chi connectivity index (χ3n) is 1.92. The van der Waals surface area contributed by atoms with Crippen molar-refractivity contribution in [3.63, 3.8) is 0 Å². The molecule has 0 amide bonds. The van der Waals surface area contributed by atoms with Gasteiger partial charge in [0.05, 0.1) is 0 Å². The van der Waals surface area contributed by atoms with Gasteiger partial charge in [-0.3, -0.25) is 4.79 Å². The first-order chi connectivity index (χ1) is 6.65. The quantitative estimate of drug-likeness (QED) is 0.730. The summed E-state index contributed by atoms with van der Waals surface area (Å²) in [6, 6.07) is 0.176. The van der Waals surface area contributed by atoms with Crippen LogP contribution in [-0.4, -0.2) is 15.6 Å². The summed E-state index contributed by atoms with van der Waals surface area (Å²) in [6.07, 6.45) is 5.85. The van der Waals surface area contributed by atoms with E-state index in [1.165, 1.54) is 4.57 Å². The van der Waals surface area contributed by atoms with Crippen LogP contribution >= 0.6 is 0 Å². The van der Waals surface area contributed by atoms with Crippen LogP contribution in [0.5, 0.6) is 0 Å². The van der Waals surface area contributed by atoms with Gasteiger partial charge in [0.15, 0.2) is 5.82 Å². The normalized spacial score (nSPS) is 12.1. The van der Waals surface area contributed by atoms with E-state index in [0.29, 0.717) is 5.82 Å². The zero-order valence-corrected chi connectivity index (χ0v) is 8.53. The van der Waals surface area contributed by atoms with Gasteiger partial charge >= 0.3 is 0 Å². The summed E-state index contributed by atoms with van der Waals surface area (Å²) in [6.45, 7) is 5.62. The van der Waals surface area contributed by atoms with E-state index in [4.69, 9.17) is 0 Å². The molecule has 1 unspecified atom stereocenters. The van der Waals surface area contributed by atoms with Gasteiger partial charge in [0.2, 0.25) is 0 Å². The van der Waals surface area contributed by atoms with Gasteiger partial charge in [-0.2, -0.15) is 0 Å². The highest BCUT2D eigenvalue weighted by atomic mass is 16.1. The number of hydrogen-bond acceptors (Lipinski definition) is 3. The van der Waals surface area contributed by atoms with Crippen LogP contribution in [0, 0.1) is 0 Å². The average Bonchev–Trinajstić information content (AvgIpc) is 2.13. The molecule has 1 aromatic heterocycles. The van der Waals surface area contributed by atoms with E-state index in [-0.39, 0.29) is 11.6 Å². The van der Waals surface area contributed by atoms with Crippen molar-refractivity contribution in [1.29, 1.82) is 0 Å². The Morgan fingerprint density at radius 1 is 1.79 bits per heavy atom. The average molecular weight is 193 g/mol. The molecule has 1 aromatic rings. The van der Waals surface area contributed by atoms with E-state index < -0.39 is 0 Å². The lowest BCUT2D eigenvalue weighted by Gasteiger charge is -2.11. The fraction of sp³-hybridized carbons (Fsp3) is 0.400. The van der Waals surface area contributed by atoms with Crippen LogP contribution < -0.4 is 10.9 Å². The number of aryl methyl sites for hydroxylation is 1. The van der Waals surface area contributed by atoms with E-state index in [1.54, 1.807) is 19.4 Å². The van der Waals surface area contributed by atoms with Crippen LogP contribution in [0.4, 0.5) is 5.82 Å². The van der Waals surface area contributed by atoms with Crippen molar-refractivity contribution in [1.82, 2.24) is 9.55 Å². The van der Waals surface area contributed by atoms with E-state index in [9.17, 15) is 4.79 Å². The highest BCUT2D eigenvalue weighted by molar-refractivity contribution is 5.31. The summed E-state index contributed by atoms with van der Waals surface area (Å²) in [7, 11) is 1.70. The predicted octanol–water partition coefficient (Wildman–Crippen LogP) is 1.16. The minimum absolute atomic E-state index is 0.108. The second-order valence-corrected chi connectivity index (χ2v) is 3.26. The van der Waals surface area contributed by atoms with Crippen molar-refractivity contribution in [3.8, 4) is 0 Å². The smallest absolute Gasteiger partial charge is 0.293 e. The maximum atomic E-state index is 11.5. The lowest BCUT2D eigenvalue weighted by Crippen LogP contribution is -2.26. The zero-order chi connectivity index (χ0) is 10.6. The molecule has 0 bridgehead atoms. The summed E-state index contributed by atoms with van der Waals surface area (Å²) >= 11 is 0. The molecule has 4 nitrogen and oxygen atoms in total. The Hall–Kier alpha value is -1.58. The SMILES string of the molecule is C=CCC(C)Nc1nccn(C)c1=O. The Morgan fingerprint density at radius 2 is 2.50 bits per heavy atom. The molecule has 4 heteroatoms. The molecule has 0 radical (unpaired) electrons. The highest BCUT2D eigenvalue weighted by Gasteiger charge is 2.05. The molecule has 0 aromatic carbocycles. The molecule has 0 aliphatic rings. The van der Waals surface area contributed by atoms with Crippen LogP contribution in [0.15, 0.2) is 29.8 Å². The number of hydrogen-bond donors (Lipinski definition) is 1. The molecule has 0 saturated carbocycles. The van der Waals surface area contributed by atoms with E-state index in [2.05, 4.69) is 16.9 Å². The third-order valence-corrected chi connectivity index (χ3v) is 1.92. The van der Waals surface area contributed by atoms with Gasteiger partial charge in [0, 0.05) is 25.5 Å². The molecule has 0 spiro atoms. The number of anilines is 1. The van der Waals surface area contributed by atoms with Crippen LogP contribution in [0.3, 0.4) is 0 Å². The first-order valence-corrected chi connectivity index (χ1v) is 4.54. The first kappa shape index (κ1) is 10.5. The third kappa shape index (κ3) is 2.45. The first-order valence-electron chi connectivity index (χ1n) is 4.54. The number of nitrogens with one attached hydrogen (secondary N) is 1. The van der Waals surface area contributed by atoms with Crippen LogP contribution in [0.25, 0.3) is 0 Å². The monoisotopic (exact) mass is 193 g/mol. The maximum absolute atomic E-state index is 11.5. The fourth-order valence-electron chi connectivity index (χ4n) is 1.14. The summed E-state index contributed by atoms with van der Waals surface area (Å²) < 4.78 is 1.50. The molecule has 1 atom stereocenters. The maximum Gasteiger partial charge on any atom is 0.293 e. The Morgan fingerprint density at radius 3 is 3.14 bits per heavy atom. The summed E-state index contributed by atoms with van der Waals surface area (Å²) in [4.78, 5) is 15.5. The molecule has 76 valence electrons. The minimum atomic E-state index is -0.108. The molecule has 14 heavy (non-hydrogen) atoms. The second-order valence-electron chi connectivity index (χ2n) is 3.26. The van der Waals surface area contributed by atoms with E-state index in [0.717, 1.165) is 6.42 Å². The van der Waals surface area contributed by atoms with Crippen molar-refractivity contribution in [2.24, 2.45) is 7.05 Å². The van der Waals surface area contributed by atoms with Crippen molar-refractivity contribution in [2.75, 3.05) is 5.32 Å². The largest absolute Gasteiger partial charge is 0.363 e. The Labute approximate surface area is 83.3 Å². The number of rotatable bonds is 4. The van der Waals surface area contributed by atoms with Crippen molar-refractivity contribution >= 4 is 5.82 Å². The molecule has 0 aliphatic carbocycles. The Balaban J connectivity index is 2.81. The lowest BCUT2D eigenvalue weighted by atomic mass is 10.2. The molecule has 0 fully saturated rings. The van der Waals surface area contributed by atoms with Gasteiger partial charge in [-0.05, 0) is 13.3 Å². The summed E-state index contributed by atoms with van der Waals surface area (Å²) in [5.41, 5.74) is -0.108. The summed E-state index contributed by atoms with van der Waals surface area (Å²) in [5.74, 6) is 0.393. The molecular weight excluding hydrogens is 178 g/mol. The predicted molar refractivity (Wildman–Crippen MR) is 57.4 cm³/mol. The van der Waals surface area contributed by atoms with Gasteiger partial charge in [0.1, 0.15) is 0 Å². The lowest BCUT2D eigenvalue weighted by molar-refractivity contribution is 0.782. The standard InChI is InChI=1S/C10H15N3O/c1-4-5-8(2)12-9-10(14)13(3)7-6-11-9/h4,6-8H,1,5H2,2-3H3,(H,11,12). The van der Waals surface area contributed by atoms with Gasteiger partial charge in [-0.25, -0.2) is 4.98 Å². The van der Waals surface area contributed by atoms with Crippen LogP contribution in [0.1, 0.15) is 13.3 Å². The topological polar surface area (TPSA) is 46.9 Å². The molecule has 1 N–H and O–H groups in total. The van der Waals surface area contributed by atoms with Gasteiger partial charge < -0.3 is 9.88 Å². The van der Waals surface area contributed by atoms with E-state index in [1.807, 2.05) is 13.0 Å². The van der Waals surface area contributed by atoms with Gasteiger partial charge in [-0.1, -0.05) is 6.08 Å². The van der Waals surface area contributed by atoms with Crippen LogP contribution in [0.2, 0.25) is 0 Å². The minimum Gasteiger partial charge on any atom is -0.363 e. The number of aromatic nitrogens is 2. The fourth-order valence-corrected chi connectivity index (χ4v) is 1.14. The molecule has 0 aliphatic heterocycles. The number of nitrogens with zero attached hydrogens (tertiary/aromatic N) is 2. The Bertz CT molecular complexity index is 370. The van der Waals surface area contributed by atoms with Crippen molar-refractivity contribution in [2.45, 2.75) is 19.4 Å². The highest BCUT2D eigenvalue weighted by Crippen LogP contribution is 1.99. The molecule has 1 rings (SSSR count). The van der Waals surface area contributed by atoms with Gasteiger partial charge in [0.25, 0.3) is 5.56 Å². The zero-order valence-electron chi connectivity index (χ0n) is 8.53. The molecule has 0 saturated heterocycles. The molecule has 1 heterocycles. The van der Waals surface area contributed by atoms with E-state index >= 15 is 0 Å². The summed E-state index contributed by atoms with van der Waals surface area (Å²) in [5, 5.41) is 3.04.